The van der Waals surface area contributed by atoms with Crippen molar-refractivity contribution in [3.05, 3.63) is 23.8 Å². The molecule has 0 aliphatic heterocycles. The number of likely N-dealkylation sites (N-methyl/N-ethyl adjacent to an activating group) is 1. The second-order valence-electron chi connectivity index (χ2n) is 4.55. The van der Waals surface area contributed by atoms with Crippen molar-refractivity contribution in [1.29, 1.82) is 0 Å². The van der Waals surface area contributed by atoms with Crippen LogP contribution in [0.1, 0.15) is 17.3 Å². The van der Waals surface area contributed by atoms with E-state index in [0.717, 1.165) is 4.90 Å². The van der Waals surface area contributed by atoms with Crippen molar-refractivity contribution < 1.29 is 29.0 Å². The zero-order valence-corrected chi connectivity index (χ0v) is 13.3. The van der Waals surface area contributed by atoms with Crippen LogP contribution in [0.5, 0.6) is 11.5 Å². The molecule has 0 radical (unpaired) electrons. The van der Waals surface area contributed by atoms with Gasteiger partial charge in [-0.2, -0.15) is 0 Å². The minimum absolute atomic E-state index is 0.247. The summed E-state index contributed by atoms with van der Waals surface area (Å²) in [5.41, 5.74) is 0.303. The molecule has 0 unspecified atom stereocenters. The summed E-state index contributed by atoms with van der Waals surface area (Å²) in [6, 6.07) is 4.61. The monoisotopic (exact) mass is 324 g/mol. The van der Waals surface area contributed by atoms with E-state index in [2.05, 4.69) is 5.32 Å². The van der Waals surface area contributed by atoms with Crippen molar-refractivity contribution in [2.75, 3.05) is 33.9 Å². The maximum Gasteiger partial charge on any atom is 0.323 e. The van der Waals surface area contributed by atoms with Crippen LogP contribution in [0.25, 0.3) is 0 Å². The average molecular weight is 324 g/mol. The molecular formula is C15H20N2O6. The number of hydrogen-bond acceptors (Lipinski definition) is 5. The summed E-state index contributed by atoms with van der Waals surface area (Å²) >= 11 is 0. The second-order valence-corrected chi connectivity index (χ2v) is 4.55. The maximum atomic E-state index is 12.1. The quantitative estimate of drug-likeness (QED) is 0.715. The first kappa shape index (κ1) is 18.3. The fourth-order valence-electron chi connectivity index (χ4n) is 1.89. The lowest BCUT2D eigenvalue weighted by molar-refractivity contribution is -0.143. The minimum atomic E-state index is -1.11. The molecule has 0 aliphatic carbocycles. The molecule has 8 heteroatoms. The molecule has 2 amide bonds. The topological polar surface area (TPSA) is 105 Å². The summed E-state index contributed by atoms with van der Waals surface area (Å²) in [6.45, 7) is 1.23. The Bertz CT molecular complexity index is 587. The summed E-state index contributed by atoms with van der Waals surface area (Å²) in [5.74, 6) is -1.16. The number of carbonyl (C=O) groups is 3. The molecule has 126 valence electrons. The summed E-state index contributed by atoms with van der Waals surface area (Å²) in [7, 11) is 2.94. The number of benzene rings is 1. The van der Waals surface area contributed by atoms with Gasteiger partial charge in [-0.25, -0.2) is 0 Å². The lowest BCUT2D eigenvalue weighted by atomic mass is 10.2. The van der Waals surface area contributed by atoms with Gasteiger partial charge in [0.1, 0.15) is 6.54 Å². The molecule has 0 atom stereocenters. The smallest absolute Gasteiger partial charge is 0.323 e. The van der Waals surface area contributed by atoms with Crippen molar-refractivity contribution in [3.8, 4) is 11.5 Å². The molecule has 2 N–H and O–H groups in total. The Labute approximate surface area is 134 Å². The summed E-state index contributed by atoms with van der Waals surface area (Å²) in [6.07, 6.45) is 0. The normalized spacial score (nSPS) is 9.87. The van der Waals surface area contributed by atoms with Gasteiger partial charge in [0.25, 0.3) is 5.91 Å². The van der Waals surface area contributed by atoms with E-state index >= 15 is 0 Å². The predicted molar refractivity (Wildman–Crippen MR) is 81.8 cm³/mol. The van der Waals surface area contributed by atoms with Crippen LogP contribution in [0.15, 0.2) is 18.2 Å². The number of carbonyl (C=O) groups excluding carboxylic acids is 2. The van der Waals surface area contributed by atoms with Gasteiger partial charge in [0.15, 0.2) is 11.5 Å². The Balaban J connectivity index is 2.69. The Morgan fingerprint density at radius 1 is 1.17 bits per heavy atom. The van der Waals surface area contributed by atoms with Crippen molar-refractivity contribution in [2.24, 2.45) is 0 Å². The highest BCUT2D eigenvalue weighted by Crippen LogP contribution is 2.27. The number of carboxylic acid groups (broad SMARTS) is 1. The van der Waals surface area contributed by atoms with E-state index in [-0.39, 0.29) is 13.1 Å². The van der Waals surface area contributed by atoms with Crippen LogP contribution in [0.2, 0.25) is 0 Å². The lowest BCUT2D eigenvalue weighted by Gasteiger charge is -2.18. The minimum Gasteiger partial charge on any atom is -0.493 e. The van der Waals surface area contributed by atoms with Gasteiger partial charge in [-0.1, -0.05) is 0 Å². The molecule has 0 bridgehead atoms. The zero-order chi connectivity index (χ0) is 17.4. The van der Waals surface area contributed by atoms with Crippen LogP contribution in [0.4, 0.5) is 0 Å². The number of aliphatic carboxylic acids is 1. The molecule has 0 heterocycles. The third-order valence-electron chi connectivity index (χ3n) is 3.11. The van der Waals surface area contributed by atoms with Gasteiger partial charge in [-0.3, -0.25) is 14.4 Å². The van der Waals surface area contributed by atoms with Crippen molar-refractivity contribution in [1.82, 2.24) is 10.2 Å². The molecule has 0 spiro atoms. The molecule has 0 saturated carbocycles. The van der Waals surface area contributed by atoms with Crippen LogP contribution in [-0.4, -0.2) is 61.6 Å². The second kappa shape index (κ2) is 8.62. The first-order valence-electron chi connectivity index (χ1n) is 6.92. The molecule has 0 aliphatic rings. The number of nitrogens with zero attached hydrogens (tertiary/aromatic N) is 1. The fraction of sp³-hybridized carbons (Fsp3) is 0.400. The number of hydrogen-bond donors (Lipinski definition) is 2. The molecule has 1 rings (SSSR count). The number of methoxy groups -OCH3 is 2. The van der Waals surface area contributed by atoms with E-state index in [1.54, 1.807) is 13.0 Å². The Kier molecular flexibility index (Phi) is 6.85. The number of carboxylic acids is 1. The summed E-state index contributed by atoms with van der Waals surface area (Å²) in [5, 5.41) is 11.2. The largest absolute Gasteiger partial charge is 0.493 e. The number of rotatable bonds is 8. The number of ether oxygens (including phenoxy) is 2. The summed E-state index contributed by atoms with van der Waals surface area (Å²) in [4.78, 5) is 35.7. The summed E-state index contributed by atoms with van der Waals surface area (Å²) < 4.78 is 10.2. The van der Waals surface area contributed by atoms with Gasteiger partial charge in [-0.15, -0.1) is 0 Å². The highest BCUT2D eigenvalue weighted by Gasteiger charge is 2.17. The molecule has 0 fully saturated rings. The van der Waals surface area contributed by atoms with Crippen molar-refractivity contribution in [2.45, 2.75) is 6.92 Å². The Morgan fingerprint density at radius 3 is 2.35 bits per heavy atom. The van der Waals surface area contributed by atoms with Gasteiger partial charge in [0.05, 0.1) is 20.8 Å². The molecule has 0 saturated heterocycles. The predicted octanol–water partition coefficient (Wildman–Crippen LogP) is 0.367. The van der Waals surface area contributed by atoms with E-state index in [0.29, 0.717) is 17.1 Å². The van der Waals surface area contributed by atoms with Crippen LogP contribution >= 0.6 is 0 Å². The first-order valence-corrected chi connectivity index (χ1v) is 6.92. The third kappa shape index (κ3) is 5.17. The molecule has 8 nitrogen and oxygen atoms in total. The highest BCUT2D eigenvalue weighted by atomic mass is 16.5. The van der Waals surface area contributed by atoms with Gasteiger partial charge < -0.3 is 24.8 Å². The van der Waals surface area contributed by atoms with Gasteiger partial charge in [0, 0.05) is 12.1 Å². The van der Waals surface area contributed by atoms with E-state index < -0.39 is 24.3 Å². The average Bonchev–Trinajstić information content (AvgIpc) is 2.56. The van der Waals surface area contributed by atoms with Gasteiger partial charge in [-0.05, 0) is 25.1 Å². The van der Waals surface area contributed by atoms with E-state index in [1.165, 1.54) is 26.4 Å². The van der Waals surface area contributed by atoms with E-state index in [1.807, 2.05) is 0 Å². The SMILES string of the molecule is CCN(CC(=O)O)C(=O)CNC(=O)c1ccc(OC)c(OC)c1. The van der Waals surface area contributed by atoms with Crippen LogP contribution in [-0.2, 0) is 9.59 Å². The van der Waals surface area contributed by atoms with Crippen LogP contribution in [0, 0.1) is 0 Å². The zero-order valence-electron chi connectivity index (χ0n) is 13.3. The molecule has 0 aromatic heterocycles. The van der Waals surface area contributed by atoms with E-state index in [4.69, 9.17) is 14.6 Å². The Hall–Kier alpha value is -2.77. The van der Waals surface area contributed by atoms with Crippen molar-refractivity contribution >= 4 is 17.8 Å². The molecular weight excluding hydrogens is 304 g/mol. The van der Waals surface area contributed by atoms with Gasteiger partial charge in [0.2, 0.25) is 5.91 Å². The van der Waals surface area contributed by atoms with Gasteiger partial charge >= 0.3 is 5.97 Å². The first-order chi connectivity index (χ1) is 10.9. The maximum absolute atomic E-state index is 12.1. The fourth-order valence-corrected chi connectivity index (χ4v) is 1.89. The molecule has 23 heavy (non-hydrogen) atoms. The number of nitrogens with one attached hydrogen (secondary N) is 1. The third-order valence-corrected chi connectivity index (χ3v) is 3.11. The molecule has 1 aromatic carbocycles. The highest BCUT2D eigenvalue weighted by molar-refractivity contribution is 5.97. The van der Waals surface area contributed by atoms with E-state index in [9.17, 15) is 14.4 Å². The lowest BCUT2D eigenvalue weighted by Crippen LogP contribution is -2.42. The number of amides is 2. The molecule has 1 aromatic rings. The van der Waals surface area contributed by atoms with Crippen LogP contribution < -0.4 is 14.8 Å². The standard InChI is InChI=1S/C15H20N2O6/c1-4-17(9-14(19)20)13(18)8-16-15(21)10-5-6-11(22-2)12(7-10)23-3/h5-7H,4,8-9H2,1-3H3,(H,16,21)(H,19,20). The van der Waals surface area contributed by atoms with Crippen LogP contribution in [0.3, 0.4) is 0 Å². The van der Waals surface area contributed by atoms with Crippen molar-refractivity contribution in [3.63, 3.8) is 0 Å². The Morgan fingerprint density at radius 2 is 1.83 bits per heavy atom.